The molecule has 0 atom stereocenters. The highest BCUT2D eigenvalue weighted by atomic mass is 16.5. The highest BCUT2D eigenvalue weighted by Gasteiger charge is 2.49. The highest BCUT2D eigenvalue weighted by molar-refractivity contribution is 6.06. The average molecular weight is 540 g/mol. The first-order chi connectivity index (χ1) is 18.2. The Kier molecular flexibility index (Phi) is 7.65. The lowest BCUT2D eigenvalue weighted by Crippen LogP contribution is -2.45. The summed E-state index contributed by atoms with van der Waals surface area (Å²) in [7, 11) is 0. The van der Waals surface area contributed by atoms with E-state index >= 15 is 0 Å². The van der Waals surface area contributed by atoms with E-state index in [2.05, 4.69) is 0 Å². The van der Waals surface area contributed by atoms with E-state index in [0.717, 1.165) is 11.4 Å². The van der Waals surface area contributed by atoms with Crippen molar-refractivity contribution < 1.29 is 38.9 Å². The van der Waals surface area contributed by atoms with Gasteiger partial charge in [0, 0.05) is 47.8 Å². The van der Waals surface area contributed by atoms with Gasteiger partial charge in [0.15, 0.2) is 29.7 Å². The average Bonchev–Trinajstić information content (AvgIpc) is 2.80. The Labute approximate surface area is 228 Å². The number of ketones is 2. The van der Waals surface area contributed by atoms with E-state index < -0.39 is 24.5 Å². The van der Waals surface area contributed by atoms with Crippen LogP contribution in [0.25, 0.3) is 0 Å². The van der Waals surface area contributed by atoms with Crippen LogP contribution in [0.15, 0.2) is 40.7 Å². The lowest BCUT2D eigenvalue weighted by Gasteiger charge is -2.49. The van der Waals surface area contributed by atoms with Gasteiger partial charge in [0.25, 0.3) is 0 Å². The minimum absolute atomic E-state index is 0.0556. The Morgan fingerprint density at radius 2 is 1.44 bits per heavy atom. The van der Waals surface area contributed by atoms with Crippen LogP contribution < -0.4 is 9.47 Å². The van der Waals surface area contributed by atoms with Crippen LogP contribution in [0.3, 0.4) is 0 Å². The molecule has 3 aliphatic rings. The molecule has 0 radical (unpaired) electrons. The molecule has 0 saturated carbocycles. The summed E-state index contributed by atoms with van der Waals surface area (Å²) in [5, 5.41) is 18.6. The minimum atomic E-state index is -1.12. The summed E-state index contributed by atoms with van der Waals surface area (Å²) in [6, 6.07) is 5.11. The predicted octanol–water partition coefficient (Wildman–Crippen LogP) is 4.71. The summed E-state index contributed by atoms with van der Waals surface area (Å²) in [5.41, 5.74) is 2.69. The van der Waals surface area contributed by atoms with E-state index in [1.54, 1.807) is 25.1 Å². The van der Waals surface area contributed by atoms with E-state index in [-0.39, 0.29) is 41.1 Å². The van der Waals surface area contributed by atoms with Gasteiger partial charge in [0.05, 0.1) is 13.0 Å². The summed E-state index contributed by atoms with van der Waals surface area (Å²) < 4.78 is 11.2. The molecule has 39 heavy (non-hydrogen) atoms. The minimum Gasteiger partial charge on any atom is -0.490 e. The predicted molar refractivity (Wildman–Crippen MR) is 143 cm³/mol. The molecule has 9 nitrogen and oxygen atoms in total. The van der Waals surface area contributed by atoms with Crippen molar-refractivity contribution in [2.75, 3.05) is 19.8 Å². The molecule has 2 aliphatic carbocycles. The number of rotatable bonds is 9. The third kappa shape index (κ3) is 5.87. The van der Waals surface area contributed by atoms with Gasteiger partial charge in [0.2, 0.25) is 0 Å². The van der Waals surface area contributed by atoms with Crippen molar-refractivity contribution in [1.82, 2.24) is 4.90 Å². The molecular formula is C30H37NO8. The first-order valence-electron chi connectivity index (χ1n) is 13.4. The topological polar surface area (TPSA) is 130 Å². The van der Waals surface area contributed by atoms with Crippen LogP contribution >= 0.6 is 0 Å². The van der Waals surface area contributed by atoms with Gasteiger partial charge in [-0.15, -0.1) is 0 Å². The molecule has 0 aromatic heterocycles. The number of benzene rings is 1. The molecule has 1 aliphatic heterocycles. The van der Waals surface area contributed by atoms with Crippen LogP contribution in [-0.4, -0.2) is 58.4 Å². The van der Waals surface area contributed by atoms with Gasteiger partial charge in [-0.2, -0.15) is 0 Å². The van der Waals surface area contributed by atoms with Gasteiger partial charge < -0.3 is 24.6 Å². The molecule has 210 valence electrons. The number of ether oxygens (including phenoxy) is 2. The van der Waals surface area contributed by atoms with Gasteiger partial charge in [-0.1, -0.05) is 33.8 Å². The zero-order valence-corrected chi connectivity index (χ0v) is 23.3. The van der Waals surface area contributed by atoms with E-state index in [1.807, 2.05) is 32.6 Å². The van der Waals surface area contributed by atoms with Crippen LogP contribution in [-0.2, 0) is 19.2 Å². The Morgan fingerprint density at radius 3 is 1.92 bits per heavy atom. The van der Waals surface area contributed by atoms with Crippen LogP contribution in [0.4, 0.5) is 0 Å². The SMILES string of the molecule is CCOc1cc(C2C3=C(CC(C)(C)CC3=O)N(CCC(=O)O)C3=C2C(=O)CC(C)(C)C3)ccc1OCC(=O)O. The number of nitrogens with zero attached hydrogens (tertiary/aromatic N) is 1. The van der Waals surface area contributed by atoms with Gasteiger partial charge in [-0.05, 0) is 48.3 Å². The first kappa shape index (κ1) is 28.4. The molecular weight excluding hydrogens is 502 g/mol. The molecule has 0 amide bonds. The third-order valence-corrected chi connectivity index (χ3v) is 7.52. The summed E-state index contributed by atoms with van der Waals surface area (Å²) in [6.45, 7) is 9.87. The quantitative estimate of drug-likeness (QED) is 0.458. The maximum Gasteiger partial charge on any atom is 0.341 e. The second-order valence-corrected chi connectivity index (χ2v) is 12.2. The van der Waals surface area contributed by atoms with Crippen LogP contribution in [0.1, 0.15) is 78.2 Å². The van der Waals surface area contributed by atoms with Crippen LogP contribution in [0.2, 0.25) is 0 Å². The maximum atomic E-state index is 13.8. The van der Waals surface area contributed by atoms with Gasteiger partial charge in [0.1, 0.15) is 0 Å². The summed E-state index contributed by atoms with van der Waals surface area (Å²) in [6.07, 6.45) is 1.66. The fourth-order valence-corrected chi connectivity index (χ4v) is 6.09. The van der Waals surface area contributed by atoms with Gasteiger partial charge in [-0.3, -0.25) is 14.4 Å². The standard InChI is InChI=1S/C30H37NO8/c1-6-38-23-11-17(7-8-22(23)39-16-25(36)37)26-27-18(12-29(2,3)14-20(27)32)31(10-9-24(34)35)19-13-30(4,5)15-21(33)28(19)26/h7-8,11,26H,6,9-10,12-16H2,1-5H3,(H,34,35)(H,36,37). The van der Waals surface area contributed by atoms with E-state index in [0.29, 0.717) is 54.7 Å². The van der Waals surface area contributed by atoms with Crippen molar-refractivity contribution in [3.8, 4) is 11.5 Å². The van der Waals surface area contributed by atoms with E-state index in [9.17, 15) is 24.3 Å². The van der Waals surface area contributed by atoms with Crippen LogP contribution in [0, 0.1) is 10.8 Å². The fourth-order valence-electron chi connectivity index (χ4n) is 6.09. The molecule has 0 spiro atoms. The van der Waals surface area contributed by atoms with Crippen molar-refractivity contribution in [3.05, 3.63) is 46.3 Å². The Balaban J connectivity index is 1.94. The molecule has 9 heteroatoms. The maximum absolute atomic E-state index is 13.8. The van der Waals surface area contributed by atoms with Gasteiger partial charge >= 0.3 is 11.9 Å². The third-order valence-electron chi connectivity index (χ3n) is 7.52. The molecule has 1 aromatic rings. The molecule has 0 fully saturated rings. The molecule has 4 rings (SSSR count). The Morgan fingerprint density at radius 1 is 0.872 bits per heavy atom. The number of aliphatic carboxylic acids is 2. The van der Waals surface area contributed by atoms with E-state index in [1.165, 1.54) is 0 Å². The smallest absolute Gasteiger partial charge is 0.341 e. The lowest BCUT2D eigenvalue weighted by atomic mass is 9.63. The molecule has 1 aromatic carbocycles. The summed E-state index contributed by atoms with van der Waals surface area (Å²) in [4.78, 5) is 52.3. The Bertz CT molecular complexity index is 1230. The molecule has 0 saturated heterocycles. The largest absolute Gasteiger partial charge is 0.490 e. The lowest BCUT2D eigenvalue weighted by molar-refractivity contribution is -0.139. The van der Waals surface area contributed by atoms with Crippen LogP contribution in [0.5, 0.6) is 11.5 Å². The number of carbonyl (C=O) groups is 4. The summed E-state index contributed by atoms with van der Waals surface area (Å²) >= 11 is 0. The van der Waals surface area contributed by atoms with Gasteiger partial charge in [-0.25, -0.2) is 4.79 Å². The highest BCUT2D eigenvalue weighted by Crippen LogP contribution is 2.55. The number of carboxylic acid groups (broad SMARTS) is 2. The second kappa shape index (κ2) is 10.5. The molecule has 0 unspecified atom stereocenters. The van der Waals surface area contributed by atoms with Crippen molar-refractivity contribution in [3.63, 3.8) is 0 Å². The normalized spacial score (nSPS) is 20.5. The first-order valence-corrected chi connectivity index (χ1v) is 13.4. The fraction of sp³-hybridized carbons (Fsp3) is 0.533. The zero-order chi connectivity index (χ0) is 28.7. The number of hydrogen-bond donors (Lipinski definition) is 2. The molecule has 2 N–H and O–H groups in total. The van der Waals surface area contributed by atoms with Crippen molar-refractivity contribution in [2.24, 2.45) is 10.8 Å². The monoisotopic (exact) mass is 539 g/mol. The Hall–Kier alpha value is -3.62. The molecule has 1 heterocycles. The summed E-state index contributed by atoms with van der Waals surface area (Å²) in [5.74, 6) is -2.21. The number of Topliss-reactive ketones (excluding diaryl/α,β-unsaturated/α-hetero) is 2. The molecule has 0 bridgehead atoms. The zero-order valence-electron chi connectivity index (χ0n) is 23.3. The second-order valence-electron chi connectivity index (χ2n) is 12.2. The van der Waals surface area contributed by atoms with Crippen molar-refractivity contribution in [1.29, 1.82) is 0 Å². The number of hydrogen-bond acceptors (Lipinski definition) is 7. The van der Waals surface area contributed by atoms with Crippen molar-refractivity contribution in [2.45, 2.75) is 72.6 Å². The number of carboxylic acids is 2. The van der Waals surface area contributed by atoms with Crippen molar-refractivity contribution >= 4 is 23.5 Å². The van der Waals surface area contributed by atoms with E-state index in [4.69, 9.17) is 14.6 Å². The number of allylic oxidation sites excluding steroid dienone is 4. The number of carbonyl (C=O) groups excluding carboxylic acids is 2.